The Kier molecular flexibility index (Phi) is 4.91. The van der Waals surface area contributed by atoms with Crippen LogP contribution in [0.25, 0.3) is 0 Å². The van der Waals surface area contributed by atoms with Gasteiger partial charge >= 0.3 is 0 Å². The van der Waals surface area contributed by atoms with Crippen LogP contribution in [0.15, 0.2) is 47.0 Å². The summed E-state index contributed by atoms with van der Waals surface area (Å²) in [5.74, 6) is 0. The third-order valence-corrected chi connectivity index (χ3v) is 3.93. The van der Waals surface area contributed by atoms with Gasteiger partial charge in [-0.05, 0) is 38.5 Å². The van der Waals surface area contributed by atoms with Gasteiger partial charge in [-0.2, -0.15) is 8.42 Å². The summed E-state index contributed by atoms with van der Waals surface area (Å²) in [4.78, 5) is 0.181. The van der Waals surface area contributed by atoms with Gasteiger partial charge in [0.05, 0.1) is 11.0 Å². The zero-order valence-corrected chi connectivity index (χ0v) is 11.8. The van der Waals surface area contributed by atoms with E-state index in [4.69, 9.17) is 4.18 Å². The highest BCUT2D eigenvalue weighted by atomic mass is 32.2. The molecule has 1 aromatic carbocycles. The van der Waals surface area contributed by atoms with E-state index >= 15 is 0 Å². The van der Waals surface area contributed by atoms with Crippen molar-refractivity contribution in [1.29, 1.82) is 0 Å². The maximum atomic E-state index is 12.0. The minimum absolute atomic E-state index is 0.181. The summed E-state index contributed by atoms with van der Waals surface area (Å²) >= 11 is 0. The van der Waals surface area contributed by atoms with Crippen LogP contribution in [-0.2, 0) is 14.3 Å². The summed E-state index contributed by atoms with van der Waals surface area (Å²) < 4.78 is 29.0. The van der Waals surface area contributed by atoms with Gasteiger partial charge in [-0.25, -0.2) is 0 Å². The predicted octanol–water partition coefficient (Wildman–Crippen LogP) is 3.21. The fraction of sp³-hybridized carbons (Fsp3) is 0.357. The average molecular weight is 266 g/mol. The molecule has 4 heteroatoms. The van der Waals surface area contributed by atoms with E-state index in [1.807, 2.05) is 13.8 Å². The zero-order chi connectivity index (χ0) is 13.8. The Morgan fingerprint density at radius 3 is 2.44 bits per heavy atom. The molecule has 18 heavy (non-hydrogen) atoms. The fourth-order valence-electron chi connectivity index (χ4n) is 1.51. The summed E-state index contributed by atoms with van der Waals surface area (Å²) in [6.07, 6.45) is 0.0692. The van der Waals surface area contributed by atoms with Gasteiger partial charge in [-0.15, -0.1) is 5.73 Å². The third kappa shape index (κ3) is 4.15. The average Bonchev–Trinajstić information content (AvgIpc) is 2.28. The quantitative estimate of drug-likeness (QED) is 0.607. The van der Waals surface area contributed by atoms with E-state index in [-0.39, 0.29) is 4.90 Å². The SMILES string of the molecule is C=C=C(C)CC(C)OS(=O)(=O)c1ccc(C)cc1. The fourth-order valence-corrected chi connectivity index (χ4v) is 2.60. The molecule has 0 aliphatic heterocycles. The Hall–Kier alpha value is -1.35. The normalized spacial score (nSPS) is 12.8. The molecule has 3 nitrogen and oxygen atoms in total. The van der Waals surface area contributed by atoms with Crippen LogP contribution in [0.1, 0.15) is 25.8 Å². The monoisotopic (exact) mass is 266 g/mol. The number of hydrogen-bond acceptors (Lipinski definition) is 3. The van der Waals surface area contributed by atoms with Gasteiger partial charge in [0.25, 0.3) is 10.1 Å². The first-order chi connectivity index (χ1) is 8.35. The van der Waals surface area contributed by atoms with Crippen LogP contribution in [-0.4, -0.2) is 14.5 Å². The Labute approximate surface area is 109 Å². The molecule has 98 valence electrons. The van der Waals surface area contributed by atoms with Crippen molar-refractivity contribution in [3.8, 4) is 0 Å². The van der Waals surface area contributed by atoms with Crippen molar-refractivity contribution >= 4 is 10.1 Å². The molecule has 0 spiro atoms. The topological polar surface area (TPSA) is 43.4 Å². The molecule has 0 heterocycles. The Bertz CT molecular complexity index is 549. The van der Waals surface area contributed by atoms with E-state index in [1.54, 1.807) is 31.2 Å². The van der Waals surface area contributed by atoms with Crippen molar-refractivity contribution in [3.63, 3.8) is 0 Å². The van der Waals surface area contributed by atoms with Crippen molar-refractivity contribution in [3.05, 3.63) is 47.7 Å². The molecule has 0 amide bonds. The lowest BCUT2D eigenvalue weighted by molar-refractivity contribution is 0.229. The van der Waals surface area contributed by atoms with E-state index in [2.05, 4.69) is 12.3 Å². The zero-order valence-electron chi connectivity index (χ0n) is 10.9. The molecule has 1 atom stereocenters. The molecular weight excluding hydrogens is 248 g/mol. The first kappa shape index (κ1) is 14.7. The lowest BCUT2D eigenvalue weighted by Gasteiger charge is -2.12. The number of rotatable bonds is 5. The van der Waals surface area contributed by atoms with Gasteiger partial charge in [0.1, 0.15) is 0 Å². The summed E-state index contributed by atoms with van der Waals surface area (Å²) in [6.45, 7) is 8.97. The molecule has 0 bridgehead atoms. The van der Waals surface area contributed by atoms with Gasteiger partial charge < -0.3 is 0 Å². The molecule has 0 saturated carbocycles. The highest BCUT2D eigenvalue weighted by Gasteiger charge is 2.18. The van der Waals surface area contributed by atoms with Gasteiger partial charge in [-0.1, -0.05) is 24.3 Å². The maximum absolute atomic E-state index is 12.0. The molecule has 0 aromatic heterocycles. The lowest BCUT2D eigenvalue weighted by Crippen LogP contribution is -2.15. The molecule has 0 N–H and O–H groups in total. The highest BCUT2D eigenvalue weighted by molar-refractivity contribution is 7.86. The molecule has 0 saturated heterocycles. The molecule has 1 unspecified atom stereocenters. The van der Waals surface area contributed by atoms with E-state index in [0.717, 1.165) is 11.1 Å². The first-order valence-corrected chi connectivity index (χ1v) is 7.11. The number of hydrogen-bond donors (Lipinski definition) is 0. The van der Waals surface area contributed by atoms with Crippen LogP contribution in [0.2, 0.25) is 0 Å². The van der Waals surface area contributed by atoms with Crippen molar-refractivity contribution in [1.82, 2.24) is 0 Å². The Balaban J connectivity index is 2.82. The van der Waals surface area contributed by atoms with E-state index in [9.17, 15) is 8.42 Å². The maximum Gasteiger partial charge on any atom is 0.297 e. The van der Waals surface area contributed by atoms with Crippen LogP contribution in [0.5, 0.6) is 0 Å². The van der Waals surface area contributed by atoms with Crippen LogP contribution >= 0.6 is 0 Å². The van der Waals surface area contributed by atoms with Gasteiger partial charge in [0.2, 0.25) is 0 Å². The van der Waals surface area contributed by atoms with Crippen molar-refractivity contribution < 1.29 is 12.6 Å². The van der Waals surface area contributed by atoms with Gasteiger partial charge in [0, 0.05) is 6.42 Å². The summed E-state index contributed by atoms with van der Waals surface area (Å²) in [5, 5.41) is 0. The minimum atomic E-state index is -3.69. The predicted molar refractivity (Wildman–Crippen MR) is 71.9 cm³/mol. The molecule has 1 aromatic rings. The van der Waals surface area contributed by atoms with Crippen LogP contribution in [0.4, 0.5) is 0 Å². The minimum Gasteiger partial charge on any atom is -0.263 e. The van der Waals surface area contributed by atoms with Crippen molar-refractivity contribution in [2.24, 2.45) is 0 Å². The second-order valence-electron chi connectivity index (χ2n) is 4.34. The van der Waals surface area contributed by atoms with Gasteiger partial charge in [0.15, 0.2) is 0 Å². The molecule has 1 rings (SSSR count). The standard InChI is InChI=1S/C14H18O3S/c1-5-11(2)10-13(4)17-18(15,16)14-8-6-12(3)7-9-14/h6-9,13H,1,10H2,2-4H3. The summed E-state index contributed by atoms with van der Waals surface area (Å²) in [7, 11) is -3.69. The smallest absolute Gasteiger partial charge is 0.263 e. The summed E-state index contributed by atoms with van der Waals surface area (Å²) in [6, 6.07) is 6.59. The largest absolute Gasteiger partial charge is 0.297 e. The number of aryl methyl sites for hydroxylation is 1. The number of benzene rings is 1. The van der Waals surface area contributed by atoms with Crippen LogP contribution in [0.3, 0.4) is 0 Å². The summed E-state index contributed by atoms with van der Waals surface area (Å²) in [5.41, 5.74) is 4.60. The Morgan fingerprint density at radius 1 is 1.39 bits per heavy atom. The van der Waals surface area contributed by atoms with E-state index in [0.29, 0.717) is 6.42 Å². The highest BCUT2D eigenvalue weighted by Crippen LogP contribution is 2.17. The molecule has 0 aliphatic carbocycles. The van der Waals surface area contributed by atoms with E-state index in [1.165, 1.54) is 0 Å². The molecular formula is C14H18O3S. The van der Waals surface area contributed by atoms with E-state index < -0.39 is 16.2 Å². The first-order valence-electron chi connectivity index (χ1n) is 5.70. The second kappa shape index (κ2) is 6.01. The van der Waals surface area contributed by atoms with Crippen LogP contribution < -0.4 is 0 Å². The molecule has 0 radical (unpaired) electrons. The van der Waals surface area contributed by atoms with Crippen molar-refractivity contribution in [2.75, 3.05) is 0 Å². The Morgan fingerprint density at radius 2 is 1.94 bits per heavy atom. The lowest BCUT2D eigenvalue weighted by atomic mass is 10.2. The second-order valence-corrected chi connectivity index (χ2v) is 5.91. The third-order valence-electron chi connectivity index (χ3n) is 2.50. The van der Waals surface area contributed by atoms with Crippen LogP contribution in [0, 0.1) is 6.92 Å². The molecule has 0 aliphatic rings. The molecule has 0 fully saturated rings. The van der Waals surface area contributed by atoms with Gasteiger partial charge in [-0.3, -0.25) is 4.18 Å². The van der Waals surface area contributed by atoms with Crippen molar-refractivity contribution in [2.45, 2.75) is 38.2 Å².